The Hall–Kier alpha value is -3.27. The third-order valence-corrected chi connectivity index (χ3v) is 8.27. The fraction of sp³-hybridized carbons (Fsp3) is 0.259. The zero-order valence-corrected chi connectivity index (χ0v) is 23.6. The van der Waals surface area contributed by atoms with E-state index in [9.17, 15) is 18.0 Å². The van der Waals surface area contributed by atoms with Crippen molar-refractivity contribution >= 4 is 50.7 Å². The molecule has 0 aliphatic carbocycles. The minimum Gasteiger partial charge on any atom is -0.497 e. The lowest BCUT2D eigenvalue weighted by molar-refractivity contribution is -0.139. The molecule has 0 radical (unpaired) electrons. The first-order chi connectivity index (χ1) is 18.1. The van der Waals surface area contributed by atoms with Crippen LogP contribution in [-0.2, 0) is 26.2 Å². The van der Waals surface area contributed by atoms with Gasteiger partial charge < -0.3 is 15.0 Å². The van der Waals surface area contributed by atoms with Gasteiger partial charge in [-0.1, -0.05) is 41.4 Å². The lowest BCUT2D eigenvalue weighted by Crippen LogP contribution is -2.51. The van der Waals surface area contributed by atoms with Crippen molar-refractivity contribution in [3.8, 4) is 5.75 Å². The fourth-order valence-electron chi connectivity index (χ4n) is 3.73. The van der Waals surface area contributed by atoms with E-state index in [4.69, 9.17) is 27.9 Å². The van der Waals surface area contributed by atoms with Crippen LogP contribution in [-0.4, -0.2) is 51.4 Å². The van der Waals surface area contributed by atoms with E-state index in [-0.39, 0.29) is 23.0 Å². The summed E-state index contributed by atoms with van der Waals surface area (Å²) >= 11 is 12.4. The largest absolute Gasteiger partial charge is 0.497 e. The second-order valence-corrected chi connectivity index (χ2v) is 11.1. The van der Waals surface area contributed by atoms with Crippen molar-refractivity contribution in [2.45, 2.75) is 31.3 Å². The number of halogens is 2. The molecule has 0 aliphatic heterocycles. The molecule has 1 unspecified atom stereocenters. The van der Waals surface area contributed by atoms with Crippen LogP contribution in [0.5, 0.6) is 5.75 Å². The van der Waals surface area contributed by atoms with Crippen LogP contribution in [0.1, 0.15) is 19.4 Å². The highest BCUT2D eigenvalue weighted by atomic mass is 35.5. The van der Waals surface area contributed by atoms with Crippen LogP contribution in [0, 0.1) is 0 Å². The van der Waals surface area contributed by atoms with Gasteiger partial charge >= 0.3 is 0 Å². The Morgan fingerprint density at radius 1 is 0.974 bits per heavy atom. The number of nitrogens with zero attached hydrogens (tertiary/aromatic N) is 2. The number of ether oxygens (including phenoxy) is 1. The molecular weight excluding hydrogens is 549 g/mol. The maximum Gasteiger partial charge on any atom is 0.264 e. The molecule has 3 aromatic rings. The summed E-state index contributed by atoms with van der Waals surface area (Å²) in [6.45, 7) is 3.18. The molecule has 0 aromatic heterocycles. The summed E-state index contributed by atoms with van der Waals surface area (Å²) in [5.74, 6) is -0.473. The van der Waals surface area contributed by atoms with Gasteiger partial charge in [-0.25, -0.2) is 8.42 Å². The monoisotopic (exact) mass is 577 g/mol. The fourth-order valence-corrected chi connectivity index (χ4v) is 5.46. The molecule has 2 amide bonds. The molecule has 11 heteroatoms. The molecule has 3 aromatic carbocycles. The zero-order chi connectivity index (χ0) is 27.9. The van der Waals surface area contributed by atoms with E-state index in [0.717, 1.165) is 4.31 Å². The SMILES string of the molecule is CCNC(=O)C(C)N(Cc1ccccc1Cl)C(=O)CN(c1ccc(Cl)cc1)S(=O)(=O)c1ccc(OC)cc1. The molecule has 0 fully saturated rings. The van der Waals surface area contributed by atoms with Gasteiger partial charge in [-0.15, -0.1) is 0 Å². The van der Waals surface area contributed by atoms with Crippen LogP contribution in [0.2, 0.25) is 10.0 Å². The van der Waals surface area contributed by atoms with Crippen LogP contribution < -0.4 is 14.4 Å². The van der Waals surface area contributed by atoms with E-state index in [1.165, 1.54) is 60.5 Å². The summed E-state index contributed by atoms with van der Waals surface area (Å²) in [6.07, 6.45) is 0. The number of hydrogen-bond donors (Lipinski definition) is 1. The van der Waals surface area contributed by atoms with E-state index in [0.29, 0.717) is 27.9 Å². The summed E-state index contributed by atoms with van der Waals surface area (Å²) in [5, 5.41) is 3.55. The Morgan fingerprint density at radius 2 is 1.61 bits per heavy atom. The predicted octanol–water partition coefficient (Wildman–Crippen LogP) is 4.75. The number of carbonyl (C=O) groups is 2. The maximum atomic E-state index is 13.8. The third kappa shape index (κ3) is 6.98. The molecule has 202 valence electrons. The van der Waals surface area contributed by atoms with Crippen molar-refractivity contribution in [3.63, 3.8) is 0 Å². The van der Waals surface area contributed by atoms with Gasteiger partial charge in [0.15, 0.2) is 0 Å². The minimum absolute atomic E-state index is 0.00779. The number of benzene rings is 3. The highest BCUT2D eigenvalue weighted by Crippen LogP contribution is 2.27. The summed E-state index contributed by atoms with van der Waals surface area (Å²) < 4.78 is 33.7. The van der Waals surface area contributed by atoms with Gasteiger partial charge in [-0.3, -0.25) is 13.9 Å². The number of anilines is 1. The Labute approximate surface area is 233 Å². The van der Waals surface area contributed by atoms with Crippen molar-refractivity contribution in [2.24, 2.45) is 0 Å². The third-order valence-electron chi connectivity index (χ3n) is 5.86. The zero-order valence-electron chi connectivity index (χ0n) is 21.2. The van der Waals surface area contributed by atoms with Crippen LogP contribution in [0.25, 0.3) is 0 Å². The first kappa shape index (κ1) is 29.3. The van der Waals surface area contributed by atoms with Gasteiger partial charge in [0.1, 0.15) is 18.3 Å². The lowest BCUT2D eigenvalue weighted by atomic mass is 10.1. The topological polar surface area (TPSA) is 96.0 Å². The van der Waals surface area contributed by atoms with Crippen molar-refractivity contribution < 1.29 is 22.7 Å². The van der Waals surface area contributed by atoms with Gasteiger partial charge in [-0.2, -0.15) is 0 Å². The molecular formula is C27H29Cl2N3O5S. The van der Waals surface area contributed by atoms with E-state index >= 15 is 0 Å². The summed E-state index contributed by atoms with van der Waals surface area (Å²) in [6, 6.07) is 18.0. The van der Waals surface area contributed by atoms with Crippen LogP contribution >= 0.6 is 23.2 Å². The first-order valence-electron chi connectivity index (χ1n) is 11.8. The molecule has 0 aliphatic rings. The number of hydrogen-bond acceptors (Lipinski definition) is 5. The quantitative estimate of drug-likeness (QED) is 0.354. The molecule has 3 rings (SSSR count). The minimum atomic E-state index is -4.20. The highest BCUT2D eigenvalue weighted by Gasteiger charge is 2.32. The number of sulfonamides is 1. The van der Waals surface area contributed by atoms with Gasteiger partial charge in [-0.05, 0) is 74.0 Å². The number of likely N-dealkylation sites (N-methyl/N-ethyl adjacent to an activating group) is 1. The standard InChI is InChI=1S/C27H29Cl2N3O5S/c1-4-30-27(34)19(2)31(17-20-7-5-6-8-25(20)29)26(33)18-32(22-11-9-21(28)10-12-22)38(35,36)24-15-13-23(37-3)14-16-24/h5-16,19H,4,17-18H2,1-3H3,(H,30,34). The lowest BCUT2D eigenvalue weighted by Gasteiger charge is -2.32. The molecule has 8 nitrogen and oxygen atoms in total. The van der Waals surface area contributed by atoms with Gasteiger partial charge in [0.05, 0.1) is 17.7 Å². The number of amides is 2. The smallest absolute Gasteiger partial charge is 0.264 e. The number of nitrogens with one attached hydrogen (secondary N) is 1. The normalized spacial score (nSPS) is 11.9. The summed E-state index contributed by atoms with van der Waals surface area (Å²) in [4.78, 5) is 27.8. The highest BCUT2D eigenvalue weighted by molar-refractivity contribution is 7.92. The molecule has 0 spiro atoms. The van der Waals surface area contributed by atoms with Crippen LogP contribution in [0.4, 0.5) is 5.69 Å². The molecule has 1 N–H and O–H groups in total. The Morgan fingerprint density at radius 3 is 2.18 bits per heavy atom. The van der Waals surface area contributed by atoms with Gasteiger partial charge in [0.2, 0.25) is 11.8 Å². The average molecular weight is 579 g/mol. The maximum absolute atomic E-state index is 13.8. The molecule has 0 bridgehead atoms. The average Bonchev–Trinajstić information content (AvgIpc) is 2.91. The molecule has 38 heavy (non-hydrogen) atoms. The van der Waals surface area contributed by atoms with E-state index in [2.05, 4.69) is 5.32 Å². The van der Waals surface area contributed by atoms with Crippen molar-refractivity contribution in [2.75, 3.05) is 24.5 Å². The number of carbonyl (C=O) groups excluding carboxylic acids is 2. The Kier molecular flexibility index (Phi) is 10.0. The van der Waals surface area contributed by atoms with E-state index in [1.54, 1.807) is 38.1 Å². The van der Waals surface area contributed by atoms with Crippen molar-refractivity contribution in [1.82, 2.24) is 10.2 Å². The second kappa shape index (κ2) is 13.0. The molecule has 0 saturated heterocycles. The van der Waals surface area contributed by atoms with Crippen LogP contribution in [0.15, 0.2) is 77.7 Å². The summed E-state index contributed by atoms with van der Waals surface area (Å²) in [5.41, 5.74) is 0.858. The van der Waals surface area contributed by atoms with Crippen molar-refractivity contribution in [1.29, 1.82) is 0 Å². The molecule has 1 atom stereocenters. The van der Waals surface area contributed by atoms with Gasteiger partial charge in [0, 0.05) is 23.1 Å². The number of rotatable bonds is 11. The van der Waals surface area contributed by atoms with E-state index < -0.39 is 28.5 Å². The van der Waals surface area contributed by atoms with E-state index in [1.807, 2.05) is 0 Å². The predicted molar refractivity (Wildman–Crippen MR) is 149 cm³/mol. The summed E-state index contributed by atoms with van der Waals surface area (Å²) in [7, 11) is -2.72. The Bertz CT molecular complexity index is 1370. The first-order valence-corrected chi connectivity index (χ1v) is 14.0. The van der Waals surface area contributed by atoms with Crippen molar-refractivity contribution in [3.05, 3.63) is 88.4 Å². The number of methoxy groups -OCH3 is 1. The molecule has 0 heterocycles. The molecule has 0 saturated carbocycles. The second-order valence-electron chi connectivity index (χ2n) is 8.35. The van der Waals surface area contributed by atoms with Crippen LogP contribution in [0.3, 0.4) is 0 Å². The van der Waals surface area contributed by atoms with Gasteiger partial charge in [0.25, 0.3) is 10.0 Å². The Balaban J connectivity index is 2.03.